The molecule has 4 heteroatoms. The van der Waals surface area contributed by atoms with E-state index in [2.05, 4.69) is 65.6 Å². The van der Waals surface area contributed by atoms with Gasteiger partial charge in [-0.25, -0.2) is 4.79 Å². The molecule has 31 heavy (non-hydrogen) atoms. The Morgan fingerprint density at radius 1 is 0.742 bits per heavy atom. The highest BCUT2D eigenvalue weighted by Crippen LogP contribution is 2.46. The minimum Gasteiger partial charge on any atom is -0.410 e. The van der Waals surface area contributed by atoms with E-state index in [1.165, 1.54) is 11.1 Å². The van der Waals surface area contributed by atoms with E-state index < -0.39 is 0 Å². The molecule has 0 aliphatic carbocycles. The van der Waals surface area contributed by atoms with Crippen LogP contribution in [-0.2, 0) is 0 Å². The Bertz CT molecular complexity index is 952. The fraction of sp³-hybridized carbons (Fsp3) is 0.296. The summed E-state index contributed by atoms with van der Waals surface area (Å²) in [7, 11) is 0. The Kier molecular flexibility index (Phi) is 5.47. The van der Waals surface area contributed by atoms with Gasteiger partial charge >= 0.3 is 6.09 Å². The van der Waals surface area contributed by atoms with Crippen molar-refractivity contribution in [1.82, 2.24) is 9.80 Å². The van der Waals surface area contributed by atoms with Gasteiger partial charge in [0.05, 0.1) is 6.04 Å². The van der Waals surface area contributed by atoms with Crippen LogP contribution < -0.4 is 4.74 Å². The van der Waals surface area contributed by atoms with Crippen molar-refractivity contribution in [3.05, 3.63) is 102 Å². The average molecular weight is 413 g/mol. The summed E-state index contributed by atoms with van der Waals surface area (Å²) in [4.78, 5) is 17.0. The Labute approximate surface area is 184 Å². The van der Waals surface area contributed by atoms with Crippen molar-refractivity contribution in [2.75, 3.05) is 26.2 Å². The SMILES string of the molecule is O=C(Oc1ccccc1)N1CCC2(CC1)CN(C(c1ccccc1)c1ccccc1)C2. The quantitative estimate of drug-likeness (QED) is 0.577. The molecule has 0 N–H and O–H groups in total. The van der Waals surface area contributed by atoms with Crippen molar-refractivity contribution >= 4 is 6.09 Å². The van der Waals surface area contributed by atoms with Gasteiger partial charge in [-0.3, -0.25) is 4.90 Å². The standard InChI is InChI=1S/C27H28N2O2/c30-26(31-24-14-8-3-9-15-24)28-18-16-27(17-19-28)20-29(21-27)25(22-10-4-1-5-11-22)23-12-6-2-7-13-23/h1-15,25H,16-21H2. The Balaban J connectivity index is 1.22. The minimum atomic E-state index is -0.233. The van der Waals surface area contributed by atoms with E-state index >= 15 is 0 Å². The largest absolute Gasteiger partial charge is 0.415 e. The molecule has 3 aromatic carbocycles. The number of likely N-dealkylation sites (tertiary alicyclic amines) is 2. The van der Waals surface area contributed by atoms with Gasteiger partial charge in [0.25, 0.3) is 0 Å². The fourth-order valence-electron chi connectivity index (χ4n) is 5.02. The molecule has 0 saturated carbocycles. The van der Waals surface area contributed by atoms with E-state index in [-0.39, 0.29) is 12.1 Å². The number of nitrogens with zero attached hydrogens (tertiary/aromatic N) is 2. The lowest BCUT2D eigenvalue weighted by molar-refractivity contribution is -0.0582. The molecule has 3 aromatic rings. The molecule has 2 aliphatic heterocycles. The lowest BCUT2D eigenvalue weighted by Gasteiger charge is -2.56. The first kappa shape index (κ1) is 19.8. The zero-order valence-corrected chi connectivity index (χ0v) is 17.7. The summed E-state index contributed by atoms with van der Waals surface area (Å²) in [5, 5.41) is 0. The first-order valence-corrected chi connectivity index (χ1v) is 11.1. The van der Waals surface area contributed by atoms with E-state index in [0.29, 0.717) is 11.2 Å². The highest BCUT2D eigenvalue weighted by molar-refractivity contribution is 5.70. The van der Waals surface area contributed by atoms with E-state index in [0.717, 1.165) is 39.0 Å². The van der Waals surface area contributed by atoms with Gasteiger partial charge in [0.15, 0.2) is 0 Å². The second kappa shape index (κ2) is 8.56. The smallest absolute Gasteiger partial charge is 0.410 e. The molecule has 0 atom stereocenters. The maximum Gasteiger partial charge on any atom is 0.415 e. The summed E-state index contributed by atoms with van der Waals surface area (Å²) < 4.78 is 5.53. The molecule has 4 nitrogen and oxygen atoms in total. The number of hydrogen-bond donors (Lipinski definition) is 0. The third-order valence-corrected chi connectivity index (χ3v) is 6.70. The van der Waals surface area contributed by atoms with Crippen LogP contribution in [0.4, 0.5) is 4.79 Å². The summed E-state index contributed by atoms with van der Waals surface area (Å²) in [6.07, 6.45) is 1.83. The number of para-hydroxylation sites is 1. The second-order valence-corrected chi connectivity index (χ2v) is 8.80. The average Bonchev–Trinajstić information content (AvgIpc) is 2.81. The summed E-state index contributed by atoms with van der Waals surface area (Å²) in [6.45, 7) is 3.67. The molecule has 1 amide bonds. The number of amides is 1. The minimum absolute atomic E-state index is 0.233. The Morgan fingerprint density at radius 3 is 1.74 bits per heavy atom. The summed E-state index contributed by atoms with van der Waals surface area (Å²) in [6, 6.07) is 31.2. The van der Waals surface area contributed by atoms with Crippen molar-refractivity contribution in [3.8, 4) is 5.75 Å². The molecule has 0 radical (unpaired) electrons. The van der Waals surface area contributed by atoms with Gasteiger partial charge in [0.1, 0.15) is 5.75 Å². The van der Waals surface area contributed by atoms with Gasteiger partial charge in [0.2, 0.25) is 0 Å². The molecule has 0 bridgehead atoms. The van der Waals surface area contributed by atoms with Gasteiger partial charge < -0.3 is 9.64 Å². The molecule has 2 aliphatic rings. The zero-order valence-electron chi connectivity index (χ0n) is 17.7. The van der Waals surface area contributed by atoms with Crippen LogP contribution in [0.1, 0.15) is 30.0 Å². The van der Waals surface area contributed by atoms with E-state index in [1.54, 1.807) is 0 Å². The van der Waals surface area contributed by atoms with E-state index in [4.69, 9.17) is 4.74 Å². The Morgan fingerprint density at radius 2 is 1.23 bits per heavy atom. The third-order valence-electron chi connectivity index (χ3n) is 6.70. The number of rotatable bonds is 4. The first-order valence-electron chi connectivity index (χ1n) is 11.1. The molecule has 5 rings (SSSR count). The molecule has 2 saturated heterocycles. The summed E-state index contributed by atoms with van der Waals surface area (Å²) >= 11 is 0. The fourth-order valence-corrected chi connectivity index (χ4v) is 5.02. The normalized spacial score (nSPS) is 18.0. The number of hydrogen-bond acceptors (Lipinski definition) is 3. The lowest BCUT2D eigenvalue weighted by atomic mass is 9.70. The van der Waals surface area contributed by atoms with E-state index in [1.807, 2.05) is 35.2 Å². The lowest BCUT2D eigenvalue weighted by Crippen LogP contribution is -2.61. The van der Waals surface area contributed by atoms with Crippen LogP contribution >= 0.6 is 0 Å². The molecular weight excluding hydrogens is 384 g/mol. The number of carbonyl (C=O) groups is 1. The van der Waals surface area contributed by atoms with Crippen molar-refractivity contribution in [3.63, 3.8) is 0 Å². The number of piperidine rings is 1. The van der Waals surface area contributed by atoms with Crippen LogP contribution in [0, 0.1) is 5.41 Å². The van der Waals surface area contributed by atoms with Gasteiger partial charge in [-0.2, -0.15) is 0 Å². The molecule has 1 spiro atoms. The van der Waals surface area contributed by atoms with Crippen molar-refractivity contribution in [2.24, 2.45) is 5.41 Å². The van der Waals surface area contributed by atoms with Gasteiger partial charge in [-0.05, 0) is 41.5 Å². The number of ether oxygens (including phenoxy) is 1. The third kappa shape index (κ3) is 4.21. The number of benzene rings is 3. The molecule has 2 heterocycles. The highest BCUT2D eigenvalue weighted by atomic mass is 16.6. The summed E-state index contributed by atoms with van der Waals surface area (Å²) in [5.41, 5.74) is 2.99. The Hall–Kier alpha value is -3.11. The molecular formula is C27H28N2O2. The van der Waals surface area contributed by atoms with Crippen LogP contribution in [0.5, 0.6) is 5.75 Å². The summed E-state index contributed by atoms with van der Waals surface area (Å²) in [5.74, 6) is 0.608. The van der Waals surface area contributed by atoms with Crippen LogP contribution in [0.15, 0.2) is 91.0 Å². The molecule has 0 aromatic heterocycles. The maximum absolute atomic E-state index is 12.5. The van der Waals surface area contributed by atoms with Gasteiger partial charge in [-0.1, -0.05) is 78.9 Å². The topological polar surface area (TPSA) is 32.8 Å². The van der Waals surface area contributed by atoms with Crippen molar-refractivity contribution < 1.29 is 9.53 Å². The maximum atomic E-state index is 12.5. The van der Waals surface area contributed by atoms with Crippen LogP contribution in [0.3, 0.4) is 0 Å². The van der Waals surface area contributed by atoms with Crippen molar-refractivity contribution in [1.29, 1.82) is 0 Å². The second-order valence-electron chi connectivity index (χ2n) is 8.80. The molecule has 158 valence electrons. The van der Waals surface area contributed by atoms with Crippen LogP contribution in [-0.4, -0.2) is 42.1 Å². The zero-order chi connectivity index (χ0) is 21.1. The van der Waals surface area contributed by atoms with Gasteiger partial charge in [0, 0.05) is 26.2 Å². The van der Waals surface area contributed by atoms with E-state index in [9.17, 15) is 4.79 Å². The molecule has 2 fully saturated rings. The predicted molar refractivity (Wildman–Crippen MR) is 122 cm³/mol. The highest BCUT2D eigenvalue weighted by Gasteiger charge is 2.48. The number of carbonyl (C=O) groups excluding carboxylic acids is 1. The predicted octanol–water partition coefficient (Wildman–Crippen LogP) is 5.37. The van der Waals surface area contributed by atoms with Crippen LogP contribution in [0.2, 0.25) is 0 Å². The monoisotopic (exact) mass is 412 g/mol. The molecule has 0 unspecified atom stereocenters. The van der Waals surface area contributed by atoms with Crippen LogP contribution in [0.25, 0.3) is 0 Å². The van der Waals surface area contributed by atoms with Gasteiger partial charge in [-0.15, -0.1) is 0 Å². The first-order chi connectivity index (χ1) is 15.2. The van der Waals surface area contributed by atoms with Crippen molar-refractivity contribution in [2.45, 2.75) is 18.9 Å².